The summed E-state index contributed by atoms with van der Waals surface area (Å²) in [5.41, 5.74) is 4.28. The van der Waals surface area contributed by atoms with Crippen LogP contribution in [0, 0.1) is 6.92 Å². The Balaban J connectivity index is 1.60. The standard InChI is InChI=1S/C23H21NO3/c1-17-4-10-20(11-5-17)23(27)21-12-14-24(16-21)13-2-3-18-6-8-19(9-7-18)15-22(25)26/h2-12,14,16H,13,15H2,1H3,(H,25,26)/b3-2+. The zero-order chi connectivity index (χ0) is 19.2. The van der Waals surface area contributed by atoms with Crippen LogP contribution in [0.2, 0.25) is 0 Å². The quantitative estimate of drug-likeness (QED) is 0.637. The SMILES string of the molecule is Cc1ccc(C(=O)c2ccn(C/C=C/c3ccc(CC(=O)O)cc3)c2)cc1. The molecule has 0 aliphatic rings. The van der Waals surface area contributed by atoms with Crippen molar-refractivity contribution in [3.8, 4) is 0 Å². The van der Waals surface area contributed by atoms with Crippen LogP contribution in [0.1, 0.15) is 32.6 Å². The van der Waals surface area contributed by atoms with Crippen LogP contribution in [0.15, 0.2) is 73.1 Å². The highest BCUT2D eigenvalue weighted by molar-refractivity contribution is 6.08. The van der Waals surface area contributed by atoms with Crippen molar-refractivity contribution in [2.75, 3.05) is 0 Å². The van der Waals surface area contributed by atoms with Gasteiger partial charge < -0.3 is 9.67 Å². The van der Waals surface area contributed by atoms with Crippen LogP contribution < -0.4 is 0 Å². The lowest BCUT2D eigenvalue weighted by Crippen LogP contribution is -2.00. The average molecular weight is 359 g/mol. The molecule has 0 aliphatic carbocycles. The molecule has 0 unspecified atom stereocenters. The lowest BCUT2D eigenvalue weighted by molar-refractivity contribution is -0.136. The Labute approximate surface area is 158 Å². The second-order valence-electron chi connectivity index (χ2n) is 6.51. The molecule has 136 valence electrons. The van der Waals surface area contributed by atoms with E-state index in [0.29, 0.717) is 17.7 Å². The Bertz CT molecular complexity index is 964. The van der Waals surface area contributed by atoms with Crippen molar-refractivity contribution in [3.05, 3.63) is 101 Å². The van der Waals surface area contributed by atoms with Crippen LogP contribution in [0.5, 0.6) is 0 Å². The van der Waals surface area contributed by atoms with Gasteiger partial charge in [0.2, 0.25) is 0 Å². The van der Waals surface area contributed by atoms with Crippen LogP contribution in [-0.4, -0.2) is 21.4 Å². The Morgan fingerprint density at radius 3 is 2.33 bits per heavy atom. The topological polar surface area (TPSA) is 59.3 Å². The first-order chi connectivity index (χ1) is 13.0. The predicted molar refractivity (Wildman–Crippen MR) is 106 cm³/mol. The fourth-order valence-corrected chi connectivity index (χ4v) is 2.79. The van der Waals surface area contributed by atoms with Gasteiger partial charge in [-0.3, -0.25) is 9.59 Å². The van der Waals surface area contributed by atoms with E-state index in [1.807, 2.05) is 90.6 Å². The lowest BCUT2D eigenvalue weighted by atomic mass is 10.0. The van der Waals surface area contributed by atoms with Gasteiger partial charge in [-0.25, -0.2) is 0 Å². The number of carbonyl (C=O) groups is 2. The summed E-state index contributed by atoms with van der Waals surface area (Å²) in [6.45, 7) is 2.65. The van der Waals surface area contributed by atoms with Gasteiger partial charge in [-0.2, -0.15) is 0 Å². The number of carboxylic acid groups (broad SMARTS) is 1. The zero-order valence-electron chi connectivity index (χ0n) is 15.1. The zero-order valence-corrected chi connectivity index (χ0v) is 15.1. The van der Waals surface area contributed by atoms with E-state index in [2.05, 4.69) is 0 Å². The third kappa shape index (κ3) is 5.05. The lowest BCUT2D eigenvalue weighted by Gasteiger charge is -2.00. The highest BCUT2D eigenvalue weighted by Crippen LogP contribution is 2.12. The average Bonchev–Trinajstić information content (AvgIpc) is 3.12. The Hall–Kier alpha value is -3.40. The maximum Gasteiger partial charge on any atom is 0.307 e. The van der Waals surface area contributed by atoms with Gasteiger partial charge in [0.25, 0.3) is 0 Å². The van der Waals surface area contributed by atoms with Crippen LogP contribution in [0.3, 0.4) is 0 Å². The molecule has 0 saturated carbocycles. The number of allylic oxidation sites excluding steroid dienone is 1. The monoisotopic (exact) mass is 359 g/mol. The van der Waals surface area contributed by atoms with E-state index < -0.39 is 5.97 Å². The molecule has 27 heavy (non-hydrogen) atoms. The number of hydrogen-bond donors (Lipinski definition) is 1. The molecule has 0 fully saturated rings. The van der Waals surface area contributed by atoms with Crippen molar-refractivity contribution in [1.29, 1.82) is 0 Å². The molecular formula is C23H21NO3. The Morgan fingerprint density at radius 1 is 0.963 bits per heavy atom. The highest BCUT2D eigenvalue weighted by atomic mass is 16.4. The number of aromatic nitrogens is 1. The third-order valence-electron chi connectivity index (χ3n) is 4.29. The third-order valence-corrected chi connectivity index (χ3v) is 4.29. The van der Waals surface area contributed by atoms with Crippen molar-refractivity contribution in [2.45, 2.75) is 19.9 Å². The molecule has 4 heteroatoms. The minimum atomic E-state index is -0.832. The van der Waals surface area contributed by atoms with Gasteiger partial charge in [0.1, 0.15) is 0 Å². The molecule has 3 rings (SSSR count). The van der Waals surface area contributed by atoms with Crippen molar-refractivity contribution < 1.29 is 14.7 Å². The van der Waals surface area contributed by atoms with Gasteiger partial charge >= 0.3 is 5.97 Å². The number of ketones is 1. The normalized spacial score (nSPS) is 11.0. The number of benzene rings is 2. The fraction of sp³-hybridized carbons (Fsp3) is 0.130. The summed E-state index contributed by atoms with van der Waals surface area (Å²) >= 11 is 0. The number of carboxylic acids is 1. The summed E-state index contributed by atoms with van der Waals surface area (Å²) in [6, 6.07) is 16.9. The first-order valence-corrected chi connectivity index (χ1v) is 8.76. The predicted octanol–water partition coefficient (Wildman–Crippen LogP) is 4.37. The summed E-state index contributed by atoms with van der Waals surface area (Å²) in [5.74, 6) is -0.811. The van der Waals surface area contributed by atoms with Gasteiger partial charge in [0, 0.05) is 30.1 Å². The minimum Gasteiger partial charge on any atom is -0.481 e. The summed E-state index contributed by atoms with van der Waals surface area (Å²) in [7, 11) is 0. The number of hydrogen-bond acceptors (Lipinski definition) is 2. The van der Waals surface area contributed by atoms with Gasteiger partial charge in [0.05, 0.1) is 6.42 Å². The van der Waals surface area contributed by atoms with E-state index >= 15 is 0 Å². The van der Waals surface area contributed by atoms with Crippen LogP contribution in [0.25, 0.3) is 6.08 Å². The number of nitrogens with zero attached hydrogens (tertiary/aromatic N) is 1. The van der Waals surface area contributed by atoms with Crippen LogP contribution in [-0.2, 0) is 17.8 Å². The van der Waals surface area contributed by atoms with Gasteiger partial charge in [-0.15, -0.1) is 0 Å². The van der Waals surface area contributed by atoms with E-state index in [-0.39, 0.29) is 12.2 Å². The van der Waals surface area contributed by atoms with Gasteiger partial charge in [-0.05, 0) is 24.1 Å². The van der Waals surface area contributed by atoms with E-state index in [1.165, 1.54) is 0 Å². The molecule has 2 aromatic carbocycles. The molecule has 0 atom stereocenters. The largest absolute Gasteiger partial charge is 0.481 e. The van der Waals surface area contributed by atoms with E-state index in [9.17, 15) is 9.59 Å². The molecule has 0 aliphatic heterocycles. The van der Waals surface area contributed by atoms with E-state index in [0.717, 1.165) is 16.7 Å². The Morgan fingerprint density at radius 2 is 1.67 bits per heavy atom. The van der Waals surface area contributed by atoms with Crippen molar-refractivity contribution in [3.63, 3.8) is 0 Å². The summed E-state index contributed by atoms with van der Waals surface area (Å²) in [5, 5.41) is 8.79. The molecule has 0 bridgehead atoms. The summed E-state index contributed by atoms with van der Waals surface area (Å²) in [6.07, 6.45) is 7.76. The molecule has 4 nitrogen and oxygen atoms in total. The Kier molecular flexibility index (Phi) is 5.67. The van der Waals surface area contributed by atoms with Gasteiger partial charge in [-0.1, -0.05) is 66.2 Å². The molecule has 0 radical (unpaired) electrons. The maximum atomic E-state index is 12.5. The number of aliphatic carboxylic acids is 1. The minimum absolute atomic E-state index is 0.0201. The molecule has 0 spiro atoms. The number of carbonyl (C=O) groups excluding carboxylic acids is 1. The second-order valence-corrected chi connectivity index (χ2v) is 6.51. The number of rotatable bonds is 7. The first-order valence-electron chi connectivity index (χ1n) is 8.76. The summed E-state index contributed by atoms with van der Waals surface area (Å²) in [4.78, 5) is 23.2. The van der Waals surface area contributed by atoms with E-state index in [4.69, 9.17) is 5.11 Å². The maximum absolute atomic E-state index is 12.5. The molecule has 0 amide bonds. The summed E-state index contributed by atoms with van der Waals surface area (Å²) < 4.78 is 1.96. The molecule has 0 saturated heterocycles. The molecule has 1 heterocycles. The van der Waals surface area contributed by atoms with Crippen molar-refractivity contribution >= 4 is 17.8 Å². The highest BCUT2D eigenvalue weighted by Gasteiger charge is 2.09. The van der Waals surface area contributed by atoms with Crippen molar-refractivity contribution in [2.24, 2.45) is 0 Å². The smallest absolute Gasteiger partial charge is 0.307 e. The molecule has 1 N–H and O–H groups in total. The molecule has 3 aromatic rings. The molecule has 1 aromatic heterocycles. The van der Waals surface area contributed by atoms with Crippen molar-refractivity contribution in [1.82, 2.24) is 4.57 Å². The first kappa shape index (κ1) is 18.4. The second kappa shape index (κ2) is 8.32. The number of aryl methyl sites for hydroxylation is 1. The molecular weight excluding hydrogens is 338 g/mol. The fourth-order valence-electron chi connectivity index (χ4n) is 2.79. The van der Waals surface area contributed by atoms with Crippen LogP contribution in [0.4, 0.5) is 0 Å². The van der Waals surface area contributed by atoms with Gasteiger partial charge in [0.15, 0.2) is 5.78 Å². The van der Waals surface area contributed by atoms with Crippen LogP contribution >= 0.6 is 0 Å². The van der Waals surface area contributed by atoms with E-state index in [1.54, 1.807) is 0 Å².